The molecule has 0 spiro atoms. The Morgan fingerprint density at radius 1 is 1.47 bits per heavy atom. The molecule has 1 rings (SSSR count). The molecule has 1 N–H and O–H groups in total. The molecule has 1 aromatic carbocycles. The lowest BCUT2D eigenvalue weighted by molar-refractivity contribution is 0.0392. The average molecular weight is 213 g/mol. The summed E-state index contributed by atoms with van der Waals surface area (Å²) in [7, 11) is 3.44. The van der Waals surface area contributed by atoms with Crippen LogP contribution in [0.5, 0.6) is 5.75 Å². The van der Waals surface area contributed by atoms with E-state index in [2.05, 4.69) is 0 Å². The molecular formula is C11H16FNO2. The number of nitrogens with zero attached hydrogens (tertiary/aromatic N) is 1. The number of hydrogen-bond donors (Lipinski definition) is 1. The summed E-state index contributed by atoms with van der Waals surface area (Å²) in [4.78, 5) is 1.59. The van der Waals surface area contributed by atoms with Crippen LogP contribution >= 0.6 is 0 Å². The summed E-state index contributed by atoms with van der Waals surface area (Å²) in [5, 5.41) is 9.66. The van der Waals surface area contributed by atoms with E-state index < -0.39 is 12.0 Å². The molecule has 1 atom stereocenters. The van der Waals surface area contributed by atoms with Gasteiger partial charge in [-0.25, -0.2) is 4.39 Å². The molecule has 0 aliphatic heterocycles. The molecule has 0 fully saturated rings. The van der Waals surface area contributed by atoms with Gasteiger partial charge in [-0.05, 0) is 38.7 Å². The van der Waals surface area contributed by atoms with E-state index >= 15 is 0 Å². The first-order valence-electron chi connectivity index (χ1n) is 4.83. The van der Waals surface area contributed by atoms with Crippen LogP contribution in [-0.4, -0.2) is 30.7 Å². The van der Waals surface area contributed by atoms with E-state index in [0.29, 0.717) is 12.2 Å². The molecule has 0 saturated carbocycles. The lowest BCUT2D eigenvalue weighted by atomic mass is 10.1. The number of aliphatic hydroxyl groups excluding tert-OH is 1. The van der Waals surface area contributed by atoms with Crippen molar-refractivity contribution in [2.45, 2.75) is 13.2 Å². The minimum Gasteiger partial charge on any atom is -0.491 e. The van der Waals surface area contributed by atoms with Gasteiger partial charge in [0.1, 0.15) is 6.23 Å². The van der Waals surface area contributed by atoms with Crippen molar-refractivity contribution < 1.29 is 14.2 Å². The van der Waals surface area contributed by atoms with Gasteiger partial charge in [-0.3, -0.25) is 4.90 Å². The highest BCUT2D eigenvalue weighted by atomic mass is 19.1. The second kappa shape index (κ2) is 5.09. The summed E-state index contributed by atoms with van der Waals surface area (Å²) < 4.78 is 18.5. The number of rotatable bonds is 4. The van der Waals surface area contributed by atoms with E-state index in [9.17, 15) is 9.50 Å². The van der Waals surface area contributed by atoms with Gasteiger partial charge in [-0.15, -0.1) is 0 Å². The first kappa shape index (κ1) is 11.9. The van der Waals surface area contributed by atoms with Crippen molar-refractivity contribution in [2.75, 3.05) is 20.7 Å². The third-order valence-corrected chi connectivity index (χ3v) is 2.04. The van der Waals surface area contributed by atoms with Crippen LogP contribution in [0.2, 0.25) is 0 Å². The lowest BCUT2D eigenvalue weighted by Crippen LogP contribution is -2.19. The monoisotopic (exact) mass is 213 g/mol. The summed E-state index contributed by atoms with van der Waals surface area (Å²) in [5.74, 6) is -0.234. The maximum atomic E-state index is 13.4. The Bertz CT molecular complexity index is 328. The van der Waals surface area contributed by atoms with Gasteiger partial charge < -0.3 is 9.84 Å². The molecule has 0 heterocycles. The molecule has 15 heavy (non-hydrogen) atoms. The molecule has 0 radical (unpaired) electrons. The molecule has 0 aromatic heterocycles. The number of aliphatic hydroxyl groups is 1. The standard InChI is InChI=1S/C11H16FNO2/c1-4-15-10-6-5-8(7-9(10)12)11(14)13(2)3/h5-7,11,14H,4H2,1-3H3. The maximum absolute atomic E-state index is 13.4. The lowest BCUT2D eigenvalue weighted by Gasteiger charge is -2.19. The molecule has 84 valence electrons. The third kappa shape index (κ3) is 2.91. The Balaban J connectivity index is 2.90. The summed E-state index contributed by atoms with van der Waals surface area (Å²) in [6.45, 7) is 2.22. The number of hydrogen-bond acceptors (Lipinski definition) is 3. The quantitative estimate of drug-likeness (QED) is 0.774. The topological polar surface area (TPSA) is 32.7 Å². The van der Waals surface area contributed by atoms with Gasteiger partial charge in [0.05, 0.1) is 6.61 Å². The number of ether oxygens (including phenoxy) is 1. The van der Waals surface area contributed by atoms with Crippen molar-refractivity contribution in [3.63, 3.8) is 0 Å². The van der Waals surface area contributed by atoms with Gasteiger partial charge >= 0.3 is 0 Å². The molecule has 0 bridgehead atoms. The Morgan fingerprint density at radius 3 is 2.60 bits per heavy atom. The van der Waals surface area contributed by atoms with E-state index in [0.717, 1.165) is 0 Å². The van der Waals surface area contributed by atoms with Crippen LogP contribution in [0.3, 0.4) is 0 Å². The summed E-state index contributed by atoms with van der Waals surface area (Å²) >= 11 is 0. The van der Waals surface area contributed by atoms with Crippen LogP contribution in [0.15, 0.2) is 18.2 Å². The highest BCUT2D eigenvalue weighted by Crippen LogP contribution is 2.22. The summed E-state index contributed by atoms with van der Waals surface area (Å²) in [5.41, 5.74) is 0.515. The van der Waals surface area contributed by atoms with Gasteiger partial charge in [-0.2, -0.15) is 0 Å². The fourth-order valence-corrected chi connectivity index (χ4v) is 1.25. The zero-order chi connectivity index (χ0) is 11.4. The van der Waals surface area contributed by atoms with Gasteiger partial charge in [0, 0.05) is 0 Å². The first-order chi connectivity index (χ1) is 7.06. The van der Waals surface area contributed by atoms with Crippen LogP contribution in [0.1, 0.15) is 18.7 Å². The number of benzene rings is 1. The molecule has 1 aromatic rings. The zero-order valence-electron chi connectivity index (χ0n) is 9.20. The first-order valence-corrected chi connectivity index (χ1v) is 4.83. The Hall–Kier alpha value is -1.13. The van der Waals surface area contributed by atoms with Crippen LogP contribution in [0.25, 0.3) is 0 Å². The fourth-order valence-electron chi connectivity index (χ4n) is 1.25. The molecule has 3 nitrogen and oxygen atoms in total. The SMILES string of the molecule is CCOc1ccc(C(O)N(C)C)cc1F. The predicted molar refractivity (Wildman–Crippen MR) is 56.2 cm³/mol. The summed E-state index contributed by atoms with van der Waals surface area (Å²) in [6.07, 6.45) is -0.796. The predicted octanol–water partition coefficient (Wildman–Crippen LogP) is 1.78. The molecule has 4 heteroatoms. The van der Waals surface area contributed by atoms with Crippen molar-refractivity contribution in [1.82, 2.24) is 4.90 Å². The van der Waals surface area contributed by atoms with Crippen molar-refractivity contribution in [2.24, 2.45) is 0 Å². The fraction of sp³-hybridized carbons (Fsp3) is 0.455. The van der Waals surface area contributed by atoms with E-state index in [1.165, 1.54) is 12.1 Å². The molecule has 1 unspecified atom stereocenters. The van der Waals surface area contributed by atoms with E-state index in [1.54, 1.807) is 32.0 Å². The number of halogens is 1. The Kier molecular flexibility index (Phi) is 4.05. The van der Waals surface area contributed by atoms with Gasteiger partial charge in [0.15, 0.2) is 11.6 Å². The second-order valence-electron chi connectivity index (χ2n) is 3.46. The van der Waals surface area contributed by atoms with Crippen LogP contribution in [0, 0.1) is 5.82 Å². The van der Waals surface area contributed by atoms with Crippen molar-refractivity contribution >= 4 is 0 Å². The average Bonchev–Trinajstić information content (AvgIpc) is 2.20. The molecular weight excluding hydrogens is 197 g/mol. The normalized spacial score (nSPS) is 12.9. The van der Waals surface area contributed by atoms with E-state index in [-0.39, 0.29) is 5.75 Å². The molecule has 0 amide bonds. The Labute approximate surface area is 89.1 Å². The van der Waals surface area contributed by atoms with E-state index in [4.69, 9.17) is 4.74 Å². The van der Waals surface area contributed by atoms with Crippen LogP contribution < -0.4 is 4.74 Å². The highest BCUT2D eigenvalue weighted by molar-refractivity contribution is 5.30. The highest BCUT2D eigenvalue weighted by Gasteiger charge is 2.12. The van der Waals surface area contributed by atoms with E-state index in [1.807, 2.05) is 0 Å². The summed E-state index contributed by atoms with van der Waals surface area (Å²) in [6, 6.07) is 4.47. The van der Waals surface area contributed by atoms with Crippen molar-refractivity contribution in [3.8, 4) is 5.75 Å². The Morgan fingerprint density at radius 2 is 2.13 bits per heavy atom. The zero-order valence-corrected chi connectivity index (χ0v) is 9.20. The minimum absolute atomic E-state index is 0.215. The molecule has 0 saturated heterocycles. The minimum atomic E-state index is -0.796. The van der Waals surface area contributed by atoms with Gasteiger partial charge in [0.2, 0.25) is 0 Å². The maximum Gasteiger partial charge on any atom is 0.165 e. The molecule has 0 aliphatic carbocycles. The van der Waals surface area contributed by atoms with Gasteiger partial charge in [0.25, 0.3) is 0 Å². The van der Waals surface area contributed by atoms with Crippen LogP contribution in [-0.2, 0) is 0 Å². The van der Waals surface area contributed by atoms with Gasteiger partial charge in [-0.1, -0.05) is 6.07 Å². The largest absolute Gasteiger partial charge is 0.491 e. The van der Waals surface area contributed by atoms with Crippen LogP contribution in [0.4, 0.5) is 4.39 Å². The molecule has 0 aliphatic rings. The van der Waals surface area contributed by atoms with Crippen molar-refractivity contribution in [3.05, 3.63) is 29.6 Å². The second-order valence-corrected chi connectivity index (χ2v) is 3.46. The van der Waals surface area contributed by atoms with Crippen molar-refractivity contribution in [1.29, 1.82) is 0 Å². The third-order valence-electron chi connectivity index (χ3n) is 2.04. The smallest absolute Gasteiger partial charge is 0.165 e.